The van der Waals surface area contributed by atoms with Gasteiger partial charge in [-0.05, 0) is 61.1 Å². The summed E-state index contributed by atoms with van der Waals surface area (Å²) < 4.78 is 35.8. The third-order valence-corrected chi connectivity index (χ3v) is 13.2. The van der Waals surface area contributed by atoms with Gasteiger partial charge in [-0.3, -0.25) is 15.0 Å². The molecule has 7 atom stereocenters. The molecule has 15 heteroatoms. The van der Waals surface area contributed by atoms with E-state index in [-0.39, 0.29) is 36.4 Å². The maximum Gasteiger partial charge on any atom is 0.331 e. The SMILES string of the molecule is COc1cc2c(cc1O)CCN[C@]21CS[C@@H]2c3c(OC(C)=O)c(C)c4c(c3[C@H](COC1=O)N1C2[C@@H]2N[C@@H](Cc3cc(C)c(OC)c(O)c32)[C@@H]1O)OCO4. The van der Waals surface area contributed by atoms with Crippen LogP contribution in [0.15, 0.2) is 18.2 Å². The minimum atomic E-state index is -1.36. The number of aliphatic hydroxyl groups is 1. The Morgan fingerprint density at radius 3 is 2.57 bits per heavy atom. The highest BCUT2D eigenvalue weighted by Gasteiger charge is 2.60. The van der Waals surface area contributed by atoms with Gasteiger partial charge in [0.1, 0.15) is 18.6 Å². The number of phenolic OH excluding ortho intramolecular Hbond substituents is 2. The van der Waals surface area contributed by atoms with Crippen LogP contribution in [0, 0.1) is 13.8 Å². The van der Waals surface area contributed by atoms with Gasteiger partial charge in [0.25, 0.3) is 0 Å². The summed E-state index contributed by atoms with van der Waals surface area (Å²) >= 11 is 1.45. The quantitative estimate of drug-likeness (QED) is 0.195. The number of carbonyl (C=O) groups excluding carboxylic acids is 2. The molecule has 1 unspecified atom stereocenters. The first-order valence-corrected chi connectivity index (χ1v) is 18.7. The Balaban J connectivity index is 1.31. The zero-order chi connectivity index (χ0) is 37.1. The lowest BCUT2D eigenvalue weighted by Crippen LogP contribution is -2.69. The van der Waals surface area contributed by atoms with E-state index in [1.54, 1.807) is 12.1 Å². The van der Waals surface area contributed by atoms with Crippen molar-refractivity contribution in [1.29, 1.82) is 0 Å². The van der Waals surface area contributed by atoms with E-state index < -0.39 is 53.1 Å². The number of aliphatic hydroxyl groups excluding tert-OH is 1. The van der Waals surface area contributed by atoms with E-state index in [0.717, 1.165) is 16.7 Å². The molecule has 2 saturated heterocycles. The van der Waals surface area contributed by atoms with Gasteiger partial charge < -0.3 is 49.1 Å². The van der Waals surface area contributed by atoms with Crippen molar-refractivity contribution in [2.75, 3.05) is 39.9 Å². The number of phenols is 2. The Bertz CT molecular complexity index is 2090. The third kappa shape index (κ3) is 4.80. The van der Waals surface area contributed by atoms with Crippen LogP contribution in [-0.2, 0) is 32.7 Å². The molecule has 0 radical (unpaired) electrons. The van der Waals surface area contributed by atoms with E-state index in [1.165, 1.54) is 32.9 Å². The number of aromatic hydroxyl groups is 2. The van der Waals surface area contributed by atoms with Crippen molar-refractivity contribution < 1.29 is 53.3 Å². The first-order valence-electron chi connectivity index (χ1n) is 17.7. The zero-order valence-corrected chi connectivity index (χ0v) is 30.7. The van der Waals surface area contributed by atoms with Crippen LogP contribution >= 0.6 is 11.8 Å². The molecule has 0 aromatic heterocycles. The summed E-state index contributed by atoms with van der Waals surface area (Å²) in [6.45, 7) is 5.23. The summed E-state index contributed by atoms with van der Waals surface area (Å²) in [5.41, 5.74) is 4.27. The van der Waals surface area contributed by atoms with Crippen molar-refractivity contribution in [3.05, 3.63) is 62.7 Å². The third-order valence-electron chi connectivity index (χ3n) is 11.8. The van der Waals surface area contributed by atoms with E-state index in [1.807, 2.05) is 24.8 Å². The summed E-state index contributed by atoms with van der Waals surface area (Å²) in [5.74, 6) is 0.890. The number of nitrogens with one attached hydrogen (secondary N) is 2. The van der Waals surface area contributed by atoms with Crippen molar-refractivity contribution in [3.8, 4) is 40.2 Å². The Morgan fingerprint density at radius 1 is 1.02 bits per heavy atom. The Labute approximate surface area is 309 Å². The molecular formula is C38H41N3O11S. The molecule has 5 N–H and O–H groups in total. The molecule has 4 bridgehead atoms. The topological polar surface area (TPSA) is 178 Å². The van der Waals surface area contributed by atoms with E-state index in [0.29, 0.717) is 70.2 Å². The number of fused-ring (bicyclic) bond motifs is 9. The van der Waals surface area contributed by atoms with Crippen LogP contribution < -0.4 is 34.3 Å². The molecule has 10 rings (SSSR count). The number of thioether (sulfide) groups is 1. The van der Waals surface area contributed by atoms with Crippen molar-refractivity contribution in [1.82, 2.24) is 15.5 Å². The predicted octanol–water partition coefficient (Wildman–Crippen LogP) is 3.07. The molecule has 0 saturated carbocycles. The highest BCUT2D eigenvalue weighted by atomic mass is 32.2. The molecule has 3 aromatic rings. The molecule has 7 heterocycles. The number of esters is 2. The van der Waals surface area contributed by atoms with Gasteiger partial charge in [0.2, 0.25) is 6.79 Å². The lowest BCUT2D eigenvalue weighted by atomic mass is 9.74. The Morgan fingerprint density at radius 2 is 1.81 bits per heavy atom. The summed E-state index contributed by atoms with van der Waals surface area (Å²) in [5, 5.41) is 41.5. The number of nitrogens with zero attached hydrogens (tertiary/aromatic N) is 1. The fourth-order valence-electron chi connectivity index (χ4n) is 9.60. The lowest BCUT2D eigenvalue weighted by molar-refractivity contribution is -0.164. The van der Waals surface area contributed by atoms with Gasteiger partial charge in [-0.15, -0.1) is 11.8 Å². The van der Waals surface area contributed by atoms with E-state index in [2.05, 4.69) is 10.6 Å². The number of hydrogen-bond acceptors (Lipinski definition) is 15. The van der Waals surface area contributed by atoms with Gasteiger partial charge in [0.15, 0.2) is 40.0 Å². The molecule has 0 amide bonds. The summed E-state index contributed by atoms with van der Waals surface area (Å²) in [7, 11) is 2.98. The molecule has 3 aromatic carbocycles. The molecule has 0 aliphatic carbocycles. The van der Waals surface area contributed by atoms with Crippen LogP contribution in [0.1, 0.15) is 68.8 Å². The predicted molar refractivity (Wildman–Crippen MR) is 190 cm³/mol. The molecule has 14 nitrogen and oxygen atoms in total. The number of benzene rings is 3. The maximum atomic E-state index is 14.6. The molecule has 7 aliphatic rings. The smallest absolute Gasteiger partial charge is 0.331 e. The van der Waals surface area contributed by atoms with Crippen molar-refractivity contribution in [2.45, 2.75) is 74.8 Å². The number of carbonyl (C=O) groups is 2. The monoisotopic (exact) mass is 747 g/mol. The number of piperazine rings is 1. The van der Waals surface area contributed by atoms with Crippen LogP contribution in [0.4, 0.5) is 0 Å². The summed E-state index contributed by atoms with van der Waals surface area (Å²) in [6.07, 6.45) is -0.0673. The van der Waals surface area contributed by atoms with Crippen LogP contribution in [-0.4, -0.2) is 90.4 Å². The number of aryl methyl sites for hydroxylation is 1. The van der Waals surface area contributed by atoms with Crippen LogP contribution in [0.2, 0.25) is 0 Å². The number of ether oxygens (including phenoxy) is 6. The maximum absolute atomic E-state index is 14.6. The molecule has 2 fully saturated rings. The van der Waals surface area contributed by atoms with Gasteiger partial charge >= 0.3 is 11.9 Å². The minimum Gasteiger partial charge on any atom is -0.504 e. The first-order chi connectivity index (χ1) is 25.5. The van der Waals surface area contributed by atoms with E-state index in [9.17, 15) is 24.9 Å². The molecule has 53 heavy (non-hydrogen) atoms. The highest BCUT2D eigenvalue weighted by molar-refractivity contribution is 7.99. The normalized spacial score (nSPS) is 29.4. The minimum absolute atomic E-state index is 0.0210. The fraction of sp³-hybridized carbons (Fsp3) is 0.474. The van der Waals surface area contributed by atoms with Crippen molar-refractivity contribution >= 4 is 23.7 Å². The standard InChI is InChI=1S/C38H41N3O11S/c1-15-8-19-9-21-36(45)41-22-12-49-37(46)38(20-11-24(47-4)23(43)10-18(20)6-7-39-38)13-53-35(29(41)28(40-21)25(19)30(44)31(15)48-5)27-26(22)34-33(50-14-51-34)16(2)32(27)52-17(3)42/h8,10-11,21-22,28-29,35-36,39-40,43-45H,6-7,9,12-14H2,1-5H3/t21-,22-,28+,29?,35+,36-,38+/m0/s1. The molecule has 1 spiro atoms. The van der Waals surface area contributed by atoms with Gasteiger partial charge in [0, 0.05) is 47.5 Å². The fourth-order valence-corrected chi connectivity index (χ4v) is 11.3. The average Bonchev–Trinajstić information content (AvgIpc) is 3.63. The zero-order valence-electron chi connectivity index (χ0n) is 29.9. The lowest BCUT2D eigenvalue weighted by Gasteiger charge is -2.59. The summed E-state index contributed by atoms with van der Waals surface area (Å²) in [4.78, 5) is 29.4. The van der Waals surface area contributed by atoms with Crippen molar-refractivity contribution in [3.63, 3.8) is 0 Å². The number of hydrogen-bond donors (Lipinski definition) is 5. The molecule has 280 valence electrons. The van der Waals surface area contributed by atoms with Crippen molar-refractivity contribution in [2.24, 2.45) is 0 Å². The van der Waals surface area contributed by atoms with Crippen LogP contribution in [0.3, 0.4) is 0 Å². The first kappa shape index (κ1) is 34.4. The molecular weight excluding hydrogens is 706 g/mol. The number of methoxy groups -OCH3 is 2. The van der Waals surface area contributed by atoms with Gasteiger partial charge in [-0.2, -0.15) is 0 Å². The Hall–Kier alpha value is -4.41. The second-order valence-corrected chi connectivity index (χ2v) is 15.6. The largest absolute Gasteiger partial charge is 0.504 e. The van der Waals surface area contributed by atoms with Crippen LogP contribution in [0.5, 0.6) is 40.2 Å². The Kier molecular flexibility index (Phi) is 7.98. The highest BCUT2D eigenvalue weighted by Crippen LogP contribution is 2.63. The second kappa shape index (κ2) is 12.3. The van der Waals surface area contributed by atoms with Crippen LogP contribution in [0.25, 0.3) is 0 Å². The average molecular weight is 748 g/mol. The summed E-state index contributed by atoms with van der Waals surface area (Å²) in [6, 6.07) is 2.99. The van der Waals surface area contributed by atoms with Gasteiger partial charge in [0.05, 0.1) is 37.6 Å². The van der Waals surface area contributed by atoms with Gasteiger partial charge in [-0.1, -0.05) is 6.07 Å². The van der Waals surface area contributed by atoms with E-state index >= 15 is 0 Å². The van der Waals surface area contributed by atoms with E-state index in [4.69, 9.17) is 28.4 Å². The number of rotatable bonds is 3. The molecule has 7 aliphatic heterocycles. The van der Waals surface area contributed by atoms with Gasteiger partial charge in [-0.25, -0.2) is 4.79 Å². The second-order valence-electron chi connectivity index (χ2n) is 14.5.